The average Bonchev–Trinajstić information content (AvgIpc) is 3.21. The Kier molecular flexibility index (Phi) is 6.13. The van der Waals surface area contributed by atoms with Crippen LogP contribution in [0.5, 0.6) is 5.75 Å². The summed E-state index contributed by atoms with van der Waals surface area (Å²) in [5.74, 6) is 0.0340. The molecule has 0 aliphatic heterocycles. The van der Waals surface area contributed by atoms with Gasteiger partial charge >= 0.3 is 5.69 Å². The summed E-state index contributed by atoms with van der Waals surface area (Å²) >= 11 is 0. The minimum atomic E-state index is -0.630. The molecule has 1 aromatic heterocycles. The summed E-state index contributed by atoms with van der Waals surface area (Å²) < 4.78 is 10.7. The van der Waals surface area contributed by atoms with Crippen LogP contribution in [-0.2, 0) is 4.79 Å². The van der Waals surface area contributed by atoms with Gasteiger partial charge in [0.05, 0.1) is 16.1 Å². The lowest BCUT2D eigenvalue weighted by Crippen LogP contribution is -2.24. The Balaban J connectivity index is 1.56. The second kappa shape index (κ2) is 9.10. The number of carbonyl (C=O) groups excluding carboxylic acids is 1. The number of carbonyl (C=O) groups is 1. The van der Waals surface area contributed by atoms with Crippen LogP contribution in [0.15, 0.2) is 70.2 Å². The van der Waals surface area contributed by atoms with E-state index in [1.54, 1.807) is 30.3 Å². The number of hydrazone groups is 1. The maximum Gasteiger partial charge on any atom is 0.310 e. The summed E-state index contributed by atoms with van der Waals surface area (Å²) in [4.78, 5) is 32.5. The predicted octanol–water partition coefficient (Wildman–Crippen LogP) is 3.29. The molecule has 152 valence electrons. The van der Waals surface area contributed by atoms with Crippen LogP contribution in [0.4, 0.5) is 11.4 Å². The lowest BCUT2D eigenvalue weighted by molar-refractivity contribution is -0.385. The Hall–Kier alpha value is -4.54. The van der Waals surface area contributed by atoms with Gasteiger partial charge in [0, 0.05) is 23.8 Å². The van der Waals surface area contributed by atoms with E-state index in [0.29, 0.717) is 17.1 Å². The van der Waals surface area contributed by atoms with Crippen LogP contribution in [-0.4, -0.2) is 28.6 Å². The van der Waals surface area contributed by atoms with Gasteiger partial charge in [-0.05, 0) is 18.2 Å². The molecule has 3 rings (SSSR count). The molecule has 30 heavy (non-hydrogen) atoms. The standard InChI is InChI=1S/C19H14N4O7/c24-19(12-29-18-7-2-1-6-16(18)23(27)28)21-20-11-15-8-9-17(30-15)13-4-3-5-14(10-13)22(25)26/h1-11H,12H2,(H,21,24)/b20-11+. The number of ether oxygens (including phenoxy) is 1. The van der Waals surface area contributed by atoms with E-state index in [4.69, 9.17) is 9.15 Å². The van der Waals surface area contributed by atoms with E-state index in [-0.39, 0.29) is 17.1 Å². The van der Waals surface area contributed by atoms with E-state index < -0.39 is 22.4 Å². The lowest BCUT2D eigenvalue weighted by atomic mass is 10.1. The highest BCUT2D eigenvalue weighted by atomic mass is 16.6. The van der Waals surface area contributed by atoms with Crippen molar-refractivity contribution in [2.24, 2.45) is 5.10 Å². The highest BCUT2D eigenvalue weighted by Gasteiger charge is 2.14. The Labute approximate surface area is 168 Å². The first-order valence-corrected chi connectivity index (χ1v) is 8.47. The normalized spacial score (nSPS) is 10.7. The van der Waals surface area contributed by atoms with E-state index in [0.717, 1.165) is 0 Å². The zero-order valence-electron chi connectivity index (χ0n) is 15.3. The third-order valence-electron chi connectivity index (χ3n) is 3.77. The molecule has 0 saturated carbocycles. The number of nitro groups is 2. The van der Waals surface area contributed by atoms with Crippen molar-refractivity contribution in [1.82, 2.24) is 5.43 Å². The Morgan fingerprint density at radius 1 is 1.07 bits per heavy atom. The highest BCUT2D eigenvalue weighted by Crippen LogP contribution is 2.26. The molecule has 11 heteroatoms. The number of rotatable bonds is 8. The molecule has 1 N–H and O–H groups in total. The topological polar surface area (TPSA) is 150 Å². The van der Waals surface area contributed by atoms with Crippen molar-refractivity contribution >= 4 is 23.5 Å². The number of nitro benzene ring substituents is 2. The van der Waals surface area contributed by atoms with Crippen LogP contribution in [0.25, 0.3) is 11.3 Å². The summed E-state index contributed by atoms with van der Waals surface area (Å²) in [5, 5.41) is 25.5. The first-order chi connectivity index (χ1) is 14.4. The fourth-order valence-electron chi connectivity index (χ4n) is 2.42. The van der Waals surface area contributed by atoms with Crippen molar-refractivity contribution < 1.29 is 23.8 Å². The average molecular weight is 410 g/mol. The van der Waals surface area contributed by atoms with Crippen molar-refractivity contribution in [3.63, 3.8) is 0 Å². The maximum absolute atomic E-state index is 11.8. The van der Waals surface area contributed by atoms with Crippen LogP contribution >= 0.6 is 0 Å². The molecule has 3 aromatic rings. The number of furan rings is 1. The van der Waals surface area contributed by atoms with Crippen molar-refractivity contribution in [3.8, 4) is 17.1 Å². The third kappa shape index (κ3) is 5.04. The van der Waals surface area contributed by atoms with Crippen LogP contribution in [0, 0.1) is 20.2 Å². The Morgan fingerprint density at radius 3 is 2.63 bits per heavy atom. The molecule has 0 fully saturated rings. The summed E-state index contributed by atoms with van der Waals surface area (Å²) in [7, 11) is 0. The van der Waals surface area contributed by atoms with E-state index >= 15 is 0 Å². The largest absolute Gasteiger partial charge is 0.477 e. The number of hydrogen-bond acceptors (Lipinski definition) is 8. The number of non-ortho nitro benzene ring substituents is 1. The van der Waals surface area contributed by atoms with E-state index in [2.05, 4.69) is 10.5 Å². The molecule has 0 saturated heterocycles. The first-order valence-electron chi connectivity index (χ1n) is 8.47. The molecule has 11 nitrogen and oxygen atoms in total. The summed E-state index contributed by atoms with van der Waals surface area (Å²) in [5.41, 5.74) is 2.41. The minimum Gasteiger partial charge on any atom is -0.477 e. The van der Waals surface area contributed by atoms with Gasteiger partial charge in [-0.1, -0.05) is 24.3 Å². The van der Waals surface area contributed by atoms with Crippen LogP contribution in [0.2, 0.25) is 0 Å². The first kappa shape index (κ1) is 20.2. The molecule has 0 aliphatic carbocycles. The molecular weight excluding hydrogens is 396 g/mol. The zero-order chi connectivity index (χ0) is 21.5. The summed E-state index contributed by atoms with van der Waals surface area (Å²) in [6.07, 6.45) is 1.24. The molecule has 0 atom stereocenters. The van der Waals surface area contributed by atoms with Crippen LogP contribution in [0.1, 0.15) is 5.76 Å². The number of amides is 1. The van der Waals surface area contributed by atoms with Crippen molar-refractivity contribution in [2.45, 2.75) is 0 Å². The maximum atomic E-state index is 11.8. The summed E-state index contributed by atoms with van der Waals surface area (Å²) in [6, 6.07) is 14.8. The smallest absolute Gasteiger partial charge is 0.310 e. The van der Waals surface area contributed by atoms with Gasteiger partial charge in [-0.25, -0.2) is 5.43 Å². The second-order valence-electron chi connectivity index (χ2n) is 5.82. The lowest BCUT2D eigenvalue weighted by Gasteiger charge is -2.05. The Bertz CT molecular complexity index is 1120. The van der Waals surface area contributed by atoms with E-state index in [1.807, 2.05) is 0 Å². The van der Waals surface area contributed by atoms with Gasteiger partial charge in [-0.2, -0.15) is 5.10 Å². The van der Waals surface area contributed by atoms with Crippen molar-refractivity contribution in [3.05, 3.63) is 86.7 Å². The zero-order valence-corrected chi connectivity index (χ0v) is 15.3. The van der Waals surface area contributed by atoms with Gasteiger partial charge in [0.15, 0.2) is 12.4 Å². The molecule has 0 spiro atoms. The number of para-hydroxylation sites is 2. The summed E-state index contributed by atoms with van der Waals surface area (Å²) in [6.45, 7) is -0.473. The Morgan fingerprint density at radius 2 is 1.87 bits per heavy atom. The molecule has 1 amide bonds. The van der Waals surface area contributed by atoms with Gasteiger partial charge < -0.3 is 9.15 Å². The van der Waals surface area contributed by atoms with Gasteiger partial charge in [-0.15, -0.1) is 0 Å². The second-order valence-corrected chi connectivity index (χ2v) is 5.82. The third-order valence-corrected chi connectivity index (χ3v) is 3.77. The molecule has 0 aliphatic rings. The van der Waals surface area contributed by atoms with Crippen LogP contribution < -0.4 is 10.2 Å². The van der Waals surface area contributed by atoms with Crippen LogP contribution in [0.3, 0.4) is 0 Å². The van der Waals surface area contributed by atoms with Gasteiger partial charge in [0.25, 0.3) is 11.6 Å². The molecular formula is C19H14N4O7. The number of nitrogens with zero attached hydrogens (tertiary/aromatic N) is 3. The minimum absolute atomic E-state index is 0.0331. The van der Waals surface area contributed by atoms with Gasteiger partial charge in [0.1, 0.15) is 11.5 Å². The fraction of sp³-hybridized carbons (Fsp3) is 0.0526. The molecule has 0 radical (unpaired) electrons. The molecule has 2 aromatic carbocycles. The number of benzene rings is 2. The van der Waals surface area contributed by atoms with Gasteiger partial charge in [0.2, 0.25) is 0 Å². The SMILES string of the molecule is O=C(COc1ccccc1[N+](=O)[O-])N/N=C/c1ccc(-c2cccc([N+](=O)[O-])c2)o1. The highest BCUT2D eigenvalue weighted by molar-refractivity contribution is 5.81. The number of nitrogens with one attached hydrogen (secondary N) is 1. The monoisotopic (exact) mass is 410 g/mol. The molecule has 0 bridgehead atoms. The van der Waals surface area contributed by atoms with Crippen molar-refractivity contribution in [2.75, 3.05) is 6.61 Å². The van der Waals surface area contributed by atoms with E-state index in [1.165, 1.54) is 36.5 Å². The van der Waals surface area contributed by atoms with E-state index in [9.17, 15) is 25.0 Å². The predicted molar refractivity (Wildman–Crippen MR) is 105 cm³/mol. The fourth-order valence-corrected chi connectivity index (χ4v) is 2.42. The molecule has 0 unspecified atom stereocenters. The van der Waals surface area contributed by atoms with Crippen molar-refractivity contribution in [1.29, 1.82) is 0 Å². The quantitative estimate of drug-likeness (QED) is 0.340. The van der Waals surface area contributed by atoms with Gasteiger partial charge in [-0.3, -0.25) is 25.0 Å². The number of hydrogen-bond donors (Lipinski definition) is 1. The molecule has 1 heterocycles.